The molecule has 34 heavy (non-hydrogen) atoms. The van der Waals surface area contributed by atoms with Crippen molar-refractivity contribution in [1.82, 2.24) is 5.32 Å². The van der Waals surface area contributed by atoms with E-state index in [4.69, 9.17) is 4.74 Å². The Kier molecular flexibility index (Phi) is 8.77. The highest BCUT2D eigenvalue weighted by Gasteiger charge is 2.27. The largest absolute Gasteiger partial charge is 0.463 e. The van der Waals surface area contributed by atoms with Gasteiger partial charge in [-0.05, 0) is 53.8 Å². The van der Waals surface area contributed by atoms with Crippen LogP contribution in [-0.2, 0) is 17.7 Å². The monoisotopic (exact) mass is 479 g/mol. The fourth-order valence-electron chi connectivity index (χ4n) is 3.48. The summed E-state index contributed by atoms with van der Waals surface area (Å²) in [5, 5.41) is 13.1. The Morgan fingerprint density at radius 2 is 1.59 bits per heavy atom. The lowest BCUT2D eigenvalue weighted by Gasteiger charge is -2.25. The van der Waals surface area contributed by atoms with E-state index < -0.39 is 8.07 Å². The van der Waals surface area contributed by atoms with Crippen molar-refractivity contribution in [3.8, 4) is 11.1 Å². The lowest BCUT2D eigenvalue weighted by molar-refractivity contribution is 0.0456. The maximum Gasteiger partial charge on any atom is 0.338 e. The summed E-state index contributed by atoms with van der Waals surface area (Å²) < 4.78 is 18.9. The number of hydrogen-bond donors (Lipinski definition) is 2. The van der Waals surface area contributed by atoms with Crippen LogP contribution in [0.1, 0.15) is 28.4 Å². The van der Waals surface area contributed by atoms with E-state index in [-0.39, 0.29) is 30.2 Å². The molecule has 0 heterocycles. The van der Waals surface area contributed by atoms with E-state index in [1.165, 1.54) is 12.1 Å². The zero-order valence-corrected chi connectivity index (χ0v) is 21.3. The van der Waals surface area contributed by atoms with Gasteiger partial charge in [0.15, 0.2) is 0 Å². The average Bonchev–Trinajstić information content (AvgIpc) is 2.82. The highest BCUT2D eigenvalue weighted by Crippen LogP contribution is 2.26. The molecule has 0 saturated carbocycles. The van der Waals surface area contributed by atoms with Crippen molar-refractivity contribution in [3.63, 3.8) is 0 Å². The third-order valence-corrected chi connectivity index (χ3v) is 8.68. The molecule has 0 fully saturated rings. The van der Waals surface area contributed by atoms with Crippen LogP contribution in [0.2, 0.25) is 19.6 Å². The molecular weight excluding hydrogens is 445 g/mol. The van der Waals surface area contributed by atoms with Crippen LogP contribution in [-0.4, -0.2) is 37.5 Å². The zero-order chi connectivity index (χ0) is 24.7. The number of carbonyl (C=O) groups excluding carboxylic acids is 1. The van der Waals surface area contributed by atoms with E-state index in [0.29, 0.717) is 18.5 Å². The smallest absolute Gasteiger partial charge is 0.338 e. The maximum absolute atomic E-state index is 13.1. The minimum Gasteiger partial charge on any atom is -0.463 e. The zero-order valence-electron chi connectivity index (χ0n) is 20.3. The molecular formula is C28H34FNO3Si. The normalized spacial score (nSPS) is 13.4. The summed E-state index contributed by atoms with van der Waals surface area (Å²) in [5.41, 5.74) is 4.32. The molecule has 3 rings (SSSR count). The first-order chi connectivity index (χ1) is 16.2. The van der Waals surface area contributed by atoms with Crippen molar-refractivity contribution in [2.45, 2.75) is 51.3 Å². The number of rotatable bonds is 10. The van der Waals surface area contributed by atoms with Crippen LogP contribution in [0.3, 0.4) is 0 Å². The van der Waals surface area contributed by atoms with Gasteiger partial charge >= 0.3 is 5.97 Å². The fraction of sp³-hybridized carbons (Fsp3) is 0.321. The predicted molar refractivity (Wildman–Crippen MR) is 138 cm³/mol. The first-order valence-electron chi connectivity index (χ1n) is 11.7. The van der Waals surface area contributed by atoms with E-state index in [1.807, 2.05) is 55.5 Å². The molecule has 6 heteroatoms. The summed E-state index contributed by atoms with van der Waals surface area (Å²) in [7, 11) is -1.59. The molecule has 0 spiro atoms. The van der Waals surface area contributed by atoms with Crippen molar-refractivity contribution < 1.29 is 19.0 Å². The highest BCUT2D eigenvalue weighted by molar-refractivity contribution is 6.77. The highest BCUT2D eigenvalue weighted by atomic mass is 28.3. The summed E-state index contributed by atoms with van der Waals surface area (Å²) in [4.78, 5) is 12.9. The van der Waals surface area contributed by atoms with Crippen LogP contribution in [0.25, 0.3) is 11.1 Å². The van der Waals surface area contributed by atoms with Gasteiger partial charge < -0.3 is 15.2 Å². The standard InChI is InChI=1S/C28H34FNO3Si/c1-20(34(2,3)4)33-28(32)27-8-6-5-7-26(27)23-13-9-22(10-14-23)18-30-25(19-31)17-21-11-15-24(29)16-12-21/h5-16,20,25,30-31H,17-19H2,1-4H3. The predicted octanol–water partition coefficient (Wildman–Crippen LogP) is 5.61. The van der Waals surface area contributed by atoms with Crippen molar-refractivity contribution in [2.24, 2.45) is 0 Å². The number of benzene rings is 3. The van der Waals surface area contributed by atoms with Crippen LogP contribution >= 0.6 is 0 Å². The molecule has 180 valence electrons. The van der Waals surface area contributed by atoms with Crippen molar-refractivity contribution in [2.75, 3.05) is 6.61 Å². The van der Waals surface area contributed by atoms with E-state index in [1.54, 1.807) is 12.1 Å². The molecule has 0 saturated heterocycles. The van der Waals surface area contributed by atoms with Gasteiger partial charge in [0.05, 0.1) is 26.0 Å². The summed E-state index contributed by atoms with van der Waals surface area (Å²) in [6.45, 7) is 9.11. The number of hydrogen-bond acceptors (Lipinski definition) is 4. The maximum atomic E-state index is 13.1. The third-order valence-electron chi connectivity index (χ3n) is 6.13. The Morgan fingerprint density at radius 3 is 2.21 bits per heavy atom. The second kappa shape index (κ2) is 11.6. The Morgan fingerprint density at radius 1 is 0.971 bits per heavy atom. The lowest BCUT2D eigenvalue weighted by Crippen LogP contribution is -2.39. The number of nitrogens with one attached hydrogen (secondary N) is 1. The van der Waals surface area contributed by atoms with Gasteiger partial charge in [-0.15, -0.1) is 0 Å². The number of halogens is 1. The van der Waals surface area contributed by atoms with Gasteiger partial charge in [0.1, 0.15) is 5.82 Å². The molecule has 0 amide bonds. The minimum absolute atomic E-state index is 0.0131. The van der Waals surface area contributed by atoms with Crippen LogP contribution in [0, 0.1) is 5.82 Å². The molecule has 0 radical (unpaired) electrons. The van der Waals surface area contributed by atoms with Crippen LogP contribution in [0.4, 0.5) is 4.39 Å². The van der Waals surface area contributed by atoms with Crippen molar-refractivity contribution in [1.29, 1.82) is 0 Å². The van der Waals surface area contributed by atoms with E-state index in [9.17, 15) is 14.3 Å². The Hall–Kier alpha value is -2.80. The molecule has 2 N–H and O–H groups in total. The molecule has 3 aromatic carbocycles. The average molecular weight is 480 g/mol. The van der Waals surface area contributed by atoms with Gasteiger partial charge in [-0.3, -0.25) is 0 Å². The Labute approximate surface area is 202 Å². The number of esters is 1. The minimum atomic E-state index is -1.59. The molecule has 0 aromatic heterocycles. The molecule has 2 unspecified atom stereocenters. The van der Waals surface area contributed by atoms with Crippen LogP contribution < -0.4 is 5.32 Å². The second-order valence-corrected chi connectivity index (χ2v) is 15.3. The van der Waals surface area contributed by atoms with Gasteiger partial charge in [-0.25, -0.2) is 9.18 Å². The Balaban J connectivity index is 1.66. The van der Waals surface area contributed by atoms with Gasteiger partial charge in [-0.2, -0.15) is 0 Å². The van der Waals surface area contributed by atoms with E-state index in [0.717, 1.165) is 22.3 Å². The molecule has 0 aliphatic carbocycles. The van der Waals surface area contributed by atoms with Crippen molar-refractivity contribution in [3.05, 3.63) is 95.3 Å². The number of aliphatic hydroxyl groups is 1. The van der Waals surface area contributed by atoms with Crippen LogP contribution in [0.15, 0.2) is 72.8 Å². The van der Waals surface area contributed by atoms with Crippen molar-refractivity contribution >= 4 is 14.0 Å². The van der Waals surface area contributed by atoms with Gasteiger partial charge in [0.2, 0.25) is 0 Å². The summed E-state index contributed by atoms with van der Waals surface area (Å²) in [6.07, 6.45) is 0.611. The third kappa shape index (κ3) is 7.10. The lowest BCUT2D eigenvalue weighted by atomic mass is 9.98. The van der Waals surface area contributed by atoms with Crippen LogP contribution in [0.5, 0.6) is 0 Å². The van der Waals surface area contributed by atoms with E-state index in [2.05, 4.69) is 25.0 Å². The summed E-state index contributed by atoms with van der Waals surface area (Å²) >= 11 is 0. The number of carbonyl (C=O) groups is 1. The van der Waals surface area contributed by atoms with E-state index >= 15 is 0 Å². The molecule has 0 bridgehead atoms. The SMILES string of the molecule is CC(OC(=O)c1ccccc1-c1ccc(CNC(CO)Cc2ccc(F)cc2)cc1)[Si](C)(C)C. The Bertz CT molecular complexity index is 1080. The molecule has 4 nitrogen and oxygen atoms in total. The summed E-state index contributed by atoms with van der Waals surface area (Å²) in [5.74, 6) is -0.555. The van der Waals surface area contributed by atoms with Gasteiger partial charge in [0.25, 0.3) is 0 Å². The second-order valence-electron chi connectivity index (χ2n) is 9.75. The number of ether oxygens (including phenoxy) is 1. The first kappa shape index (κ1) is 25.8. The topological polar surface area (TPSA) is 58.6 Å². The summed E-state index contributed by atoms with van der Waals surface area (Å²) in [6, 6.07) is 21.8. The molecule has 0 aliphatic rings. The van der Waals surface area contributed by atoms with Gasteiger partial charge in [0, 0.05) is 12.6 Å². The molecule has 0 aliphatic heterocycles. The molecule has 2 atom stereocenters. The quantitative estimate of drug-likeness (QED) is 0.293. The first-order valence-corrected chi connectivity index (χ1v) is 15.2. The van der Waals surface area contributed by atoms with Gasteiger partial charge in [-0.1, -0.05) is 74.2 Å². The number of aliphatic hydroxyl groups excluding tert-OH is 1. The molecule has 3 aromatic rings. The fourth-order valence-corrected chi connectivity index (χ4v) is 3.94.